The van der Waals surface area contributed by atoms with Crippen LogP contribution in [-0.2, 0) is 4.79 Å². The molecule has 0 saturated carbocycles. The Morgan fingerprint density at radius 3 is 2.25 bits per heavy atom. The summed E-state index contributed by atoms with van der Waals surface area (Å²) in [7, 11) is 0. The Balaban J connectivity index is 4.20. The van der Waals surface area contributed by atoms with Crippen molar-refractivity contribution < 1.29 is 4.79 Å². The van der Waals surface area contributed by atoms with Crippen LogP contribution in [0.15, 0.2) is 35.5 Å². The van der Waals surface area contributed by atoms with E-state index in [4.69, 9.17) is 0 Å². The van der Waals surface area contributed by atoms with Crippen LogP contribution in [0.2, 0.25) is 0 Å². The van der Waals surface area contributed by atoms with Crippen molar-refractivity contribution in [1.82, 2.24) is 0 Å². The van der Waals surface area contributed by atoms with Gasteiger partial charge in [-0.05, 0) is 63.5 Å². The van der Waals surface area contributed by atoms with Crippen molar-refractivity contribution in [3.8, 4) is 0 Å². The molecule has 0 aromatic heterocycles. The molecular weight excluding hydrogens is 244 g/mol. The summed E-state index contributed by atoms with van der Waals surface area (Å²) in [5.74, 6) is 0.874. The largest absolute Gasteiger partial charge is 0.295 e. The lowest BCUT2D eigenvalue weighted by atomic mass is 9.95. The van der Waals surface area contributed by atoms with Gasteiger partial charge in [-0.25, -0.2) is 0 Å². The van der Waals surface area contributed by atoms with Gasteiger partial charge < -0.3 is 0 Å². The van der Waals surface area contributed by atoms with Crippen LogP contribution < -0.4 is 0 Å². The molecule has 1 nitrogen and oxygen atoms in total. The highest BCUT2D eigenvalue weighted by Gasteiger charge is 2.03. The van der Waals surface area contributed by atoms with E-state index in [1.54, 1.807) is 18.6 Å². The summed E-state index contributed by atoms with van der Waals surface area (Å²) in [6.45, 7) is 10.3. The van der Waals surface area contributed by atoms with E-state index in [1.807, 2.05) is 6.92 Å². The fraction of sp³-hybridized carbons (Fsp3) is 0.632. The summed E-state index contributed by atoms with van der Waals surface area (Å²) in [6, 6.07) is 0. The van der Waals surface area contributed by atoms with Crippen LogP contribution in [0, 0.1) is 5.92 Å². The first-order valence-electron chi connectivity index (χ1n) is 8.06. The molecule has 0 bridgehead atoms. The monoisotopic (exact) mass is 276 g/mol. The van der Waals surface area contributed by atoms with E-state index < -0.39 is 0 Å². The highest BCUT2D eigenvalue weighted by atomic mass is 16.1. The summed E-state index contributed by atoms with van der Waals surface area (Å²) in [5.41, 5.74) is 2.63. The summed E-state index contributed by atoms with van der Waals surface area (Å²) in [6.07, 6.45) is 15.6. The minimum Gasteiger partial charge on any atom is -0.295 e. The predicted octanol–water partition coefficient (Wildman–Crippen LogP) is 6.02. The molecule has 0 heterocycles. The highest BCUT2D eigenvalue weighted by molar-refractivity contribution is 5.88. The van der Waals surface area contributed by atoms with Gasteiger partial charge >= 0.3 is 0 Å². The fourth-order valence-corrected chi connectivity index (χ4v) is 2.37. The summed E-state index contributed by atoms with van der Waals surface area (Å²) in [4.78, 5) is 11.0. The van der Waals surface area contributed by atoms with Crippen molar-refractivity contribution >= 4 is 5.78 Å². The third-order valence-electron chi connectivity index (χ3n) is 3.77. The molecule has 0 aromatic carbocycles. The Morgan fingerprint density at radius 2 is 1.75 bits per heavy atom. The van der Waals surface area contributed by atoms with Gasteiger partial charge in [0, 0.05) is 0 Å². The molecule has 20 heavy (non-hydrogen) atoms. The lowest BCUT2D eigenvalue weighted by Gasteiger charge is -2.11. The number of ketones is 1. The molecule has 0 radical (unpaired) electrons. The minimum absolute atomic E-state index is 0.121. The zero-order valence-electron chi connectivity index (χ0n) is 14.0. The Morgan fingerprint density at radius 1 is 1.10 bits per heavy atom. The van der Waals surface area contributed by atoms with Crippen molar-refractivity contribution in [2.24, 2.45) is 5.92 Å². The van der Waals surface area contributed by atoms with Crippen LogP contribution in [0.4, 0.5) is 0 Å². The standard InChI is InChI=1S/C19H32O/c1-6-18(7-2)12-10-14-19(8-3)13-9-11-16(4)15-17(5)20/h9,11-12,15,19H,6-8,10,13-14H2,1-5H3/b11-9+,16-15+. The van der Waals surface area contributed by atoms with Gasteiger partial charge in [0.2, 0.25) is 0 Å². The second kappa shape index (κ2) is 11.7. The Labute approximate surface area is 125 Å². The van der Waals surface area contributed by atoms with Gasteiger partial charge in [-0.2, -0.15) is 0 Å². The molecular formula is C19H32O. The molecule has 0 fully saturated rings. The maximum Gasteiger partial charge on any atom is 0.152 e. The van der Waals surface area contributed by atoms with Crippen molar-refractivity contribution in [2.45, 2.75) is 73.1 Å². The summed E-state index contributed by atoms with van der Waals surface area (Å²) < 4.78 is 0. The number of carbonyl (C=O) groups is 1. The van der Waals surface area contributed by atoms with Gasteiger partial charge in [-0.3, -0.25) is 4.79 Å². The van der Waals surface area contributed by atoms with E-state index in [-0.39, 0.29) is 5.78 Å². The first kappa shape index (κ1) is 18.9. The van der Waals surface area contributed by atoms with Gasteiger partial charge in [-0.15, -0.1) is 0 Å². The molecule has 1 unspecified atom stereocenters. The topological polar surface area (TPSA) is 17.1 Å². The molecule has 0 aromatic rings. The van der Waals surface area contributed by atoms with Gasteiger partial charge in [0.05, 0.1) is 0 Å². The zero-order chi connectivity index (χ0) is 15.4. The van der Waals surface area contributed by atoms with Crippen molar-refractivity contribution in [3.63, 3.8) is 0 Å². The lowest BCUT2D eigenvalue weighted by Crippen LogP contribution is -1.96. The molecule has 0 rings (SSSR count). The van der Waals surface area contributed by atoms with Crippen LogP contribution in [0.5, 0.6) is 0 Å². The maximum atomic E-state index is 11.0. The summed E-state index contributed by atoms with van der Waals surface area (Å²) in [5, 5.41) is 0. The van der Waals surface area contributed by atoms with E-state index >= 15 is 0 Å². The second-order valence-electron chi connectivity index (χ2n) is 5.56. The van der Waals surface area contributed by atoms with Gasteiger partial charge in [0.1, 0.15) is 0 Å². The quantitative estimate of drug-likeness (QED) is 0.271. The molecule has 1 heteroatoms. The van der Waals surface area contributed by atoms with E-state index in [9.17, 15) is 4.79 Å². The van der Waals surface area contributed by atoms with Crippen molar-refractivity contribution in [3.05, 3.63) is 35.5 Å². The third-order valence-corrected chi connectivity index (χ3v) is 3.77. The average Bonchev–Trinajstić information content (AvgIpc) is 2.40. The number of hydrogen-bond acceptors (Lipinski definition) is 1. The molecule has 1 atom stereocenters. The van der Waals surface area contributed by atoms with Gasteiger partial charge in [0.15, 0.2) is 5.78 Å². The van der Waals surface area contributed by atoms with Gasteiger partial charge in [0.25, 0.3) is 0 Å². The van der Waals surface area contributed by atoms with E-state index in [1.165, 1.54) is 32.1 Å². The Bertz CT molecular complexity index is 352. The van der Waals surface area contributed by atoms with Crippen LogP contribution in [-0.4, -0.2) is 5.78 Å². The Hall–Kier alpha value is -1.11. The predicted molar refractivity (Wildman–Crippen MR) is 89.9 cm³/mol. The lowest BCUT2D eigenvalue weighted by molar-refractivity contribution is -0.112. The smallest absolute Gasteiger partial charge is 0.152 e. The molecule has 0 aliphatic heterocycles. The number of rotatable bonds is 10. The molecule has 0 N–H and O–H groups in total. The van der Waals surface area contributed by atoms with Crippen LogP contribution in [0.1, 0.15) is 73.1 Å². The average molecular weight is 276 g/mol. The van der Waals surface area contributed by atoms with Crippen LogP contribution in [0.3, 0.4) is 0 Å². The van der Waals surface area contributed by atoms with Crippen molar-refractivity contribution in [1.29, 1.82) is 0 Å². The molecule has 0 aliphatic rings. The Kier molecular flexibility index (Phi) is 11.0. The van der Waals surface area contributed by atoms with Crippen LogP contribution >= 0.6 is 0 Å². The summed E-state index contributed by atoms with van der Waals surface area (Å²) >= 11 is 0. The van der Waals surface area contributed by atoms with E-state index in [2.05, 4.69) is 39.0 Å². The number of hydrogen-bond donors (Lipinski definition) is 0. The zero-order valence-corrected chi connectivity index (χ0v) is 14.0. The van der Waals surface area contributed by atoms with E-state index in [0.29, 0.717) is 0 Å². The SMILES string of the molecule is CCC(=CCCC(CC)C/C=C/C(C)=C/C(C)=O)CC. The first-order chi connectivity index (χ1) is 9.53. The normalized spacial score (nSPS) is 13.6. The third kappa shape index (κ3) is 9.77. The molecule has 0 amide bonds. The molecule has 0 spiro atoms. The first-order valence-corrected chi connectivity index (χ1v) is 8.06. The second-order valence-corrected chi connectivity index (χ2v) is 5.56. The maximum absolute atomic E-state index is 11.0. The highest BCUT2D eigenvalue weighted by Crippen LogP contribution is 2.18. The van der Waals surface area contributed by atoms with Crippen molar-refractivity contribution in [2.75, 3.05) is 0 Å². The molecule has 0 aliphatic carbocycles. The minimum atomic E-state index is 0.121. The molecule has 114 valence electrons. The number of allylic oxidation sites excluding steroid dienone is 6. The van der Waals surface area contributed by atoms with E-state index in [0.717, 1.165) is 17.9 Å². The number of carbonyl (C=O) groups excluding carboxylic acids is 1. The van der Waals surface area contributed by atoms with Crippen LogP contribution in [0.25, 0.3) is 0 Å². The molecule has 0 saturated heterocycles. The fourth-order valence-electron chi connectivity index (χ4n) is 2.37. The van der Waals surface area contributed by atoms with Gasteiger partial charge in [-0.1, -0.05) is 51.0 Å².